The van der Waals surface area contributed by atoms with E-state index in [0.29, 0.717) is 5.56 Å². The molecule has 0 spiro atoms. The van der Waals surface area contributed by atoms with Crippen LogP contribution in [0, 0.1) is 11.2 Å². The molecule has 3 heterocycles. The number of rotatable bonds is 4. The molecule has 1 amide bonds. The van der Waals surface area contributed by atoms with E-state index in [9.17, 15) is 27.5 Å². The molecular formula is C26H23FN4O5S. The first-order valence-corrected chi connectivity index (χ1v) is 12.9. The zero-order chi connectivity index (χ0) is 26.7. The van der Waals surface area contributed by atoms with E-state index in [-0.39, 0.29) is 45.3 Å². The van der Waals surface area contributed by atoms with Crippen molar-refractivity contribution in [1.82, 2.24) is 14.9 Å². The molecule has 2 aromatic carbocycles. The van der Waals surface area contributed by atoms with Crippen molar-refractivity contribution in [1.29, 1.82) is 0 Å². The predicted octanol–water partition coefficient (Wildman–Crippen LogP) is 3.34. The van der Waals surface area contributed by atoms with Gasteiger partial charge in [0.15, 0.2) is 0 Å². The fourth-order valence-electron chi connectivity index (χ4n) is 4.84. The lowest BCUT2D eigenvalue weighted by Crippen LogP contribution is -2.43. The zero-order valence-electron chi connectivity index (χ0n) is 20.2. The maximum Gasteiger partial charge on any atom is 0.345 e. The SMILES string of the molecule is CC(C)(C)[C@H]1C(O)=C(C2=NS(=O)(=O)c3c2cccc3-c2ccnc(=O)[nH]2)C(=O)N1Cc1ccc(F)cc1. The van der Waals surface area contributed by atoms with Gasteiger partial charge in [0.1, 0.15) is 27.8 Å². The number of fused-ring (bicyclic) bond motifs is 1. The number of nitrogens with zero attached hydrogens (tertiary/aromatic N) is 3. The van der Waals surface area contributed by atoms with Crippen molar-refractivity contribution in [2.24, 2.45) is 9.81 Å². The van der Waals surface area contributed by atoms with Crippen LogP contribution < -0.4 is 5.69 Å². The highest BCUT2D eigenvalue weighted by Gasteiger charge is 2.49. The van der Waals surface area contributed by atoms with Gasteiger partial charge in [-0.3, -0.25) is 4.79 Å². The molecule has 2 aliphatic rings. The van der Waals surface area contributed by atoms with Gasteiger partial charge in [0, 0.05) is 23.9 Å². The quantitative estimate of drug-likeness (QED) is 0.540. The number of H-pyrrole nitrogens is 1. The van der Waals surface area contributed by atoms with E-state index in [4.69, 9.17) is 0 Å². The molecule has 2 aliphatic heterocycles. The molecule has 9 nitrogen and oxygen atoms in total. The number of aliphatic hydroxyl groups excluding tert-OH is 1. The van der Waals surface area contributed by atoms with Crippen LogP contribution in [0.25, 0.3) is 11.3 Å². The number of hydrogen-bond donors (Lipinski definition) is 2. The molecule has 0 saturated heterocycles. The molecular weight excluding hydrogens is 499 g/mol. The molecule has 190 valence electrons. The number of sulfonamides is 1. The van der Waals surface area contributed by atoms with Gasteiger partial charge >= 0.3 is 5.69 Å². The summed E-state index contributed by atoms with van der Waals surface area (Å²) < 4.78 is 43.8. The third-order valence-electron chi connectivity index (χ3n) is 6.33. The second-order valence-electron chi connectivity index (χ2n) is 9.97. The Kier molecular flexibility index (Phi) is 5.63. The lowest BCUT2D eigenvalue weighted by atomic mass is 9.84. The van der Waals surface area contributed by atoms with Crippen molar-refractivity contribution < 1.29 is 22.7 Å². The number of carbonyl (C=O) groups excluding carboxylic acids is 1. The molecule has 37 heavy (non-hydrogen) atoms. The summed E-state index contributed by atoms with van der Waals surface area (Å²) in [5, 5.41) is 11.4. The molecule has 5 rings (SSSR count). The molecule has 0 bridgehead atoms. The first-order chi connectivity index (χ1) is 17.4. The van der Waals surface area contributed by atoms with E-state index in [1.165, 1.54) is 41.4 Å². The summed E-state index contributed by atoms with van der Waals surface area (Å²) in [6.45, 7) is 5.61. The number of carbonyl (C=O) groups is 1. The number of aromatic amines is 1. The van der Waals surface area contributed by atoms with Crippen molar-refractivity contribution in [2.45, 2.75) is 38.3 Å². The molecule has 0 aliphatic carbocycles. The van der Waals surface area contributed by atoms with Gasteiger partial charge < -0.3 is 15.0 Å². The Bertz CT molecular complexity index is 1670. The molecule has 0 unspecified atom stereocenters. The normalized spacial score (nSPS) is 18.8. The number of aliphatic hydroxyl groups is 1. The number of benzene rings is 2. The Morgan fingerprint density at radius 2 is 1.73 bits per heavy atom. The summed E-state index contributed by atoms with van der Waals surface area (Å²) in [7, 11) is -4.28. The van der Waals surface area contributed by atoms with E-state index in [0.717, 1.165) is 0 Å². The fourth-order valence-corrected chi connectivity index (χ4v) is 6.26. The molecule has 0 saturated carbocycles. The van der Waals surface area contributed by atoms with E-state index >= 15 is 0 Å². The summed E-state index contributed by atoms with van der Waals surface area (Å²) in [5.41, 5.74) is -0.445. The van der Waals surface area contributed by atoms with Crippen molar-refractivity contribution in [3.8, 4) is 11.3 Å². The summed E-state index contributed by atoms with van der Waals surface area (Å²) in [5.74, 6) is -1.30. The third kappa shape index (κ3) is 4.14. The number of hydrogen-bond acceptors (Lipinski definition) is 6. The molecule has 1 atom stereocenters. The van der Waals surface area contributed by atoms with Gasteiger partial charge in [-0.1, -0.05) is 51.1 Å². The second kappa shape index (κ2) is 8.48. The van der Waals surface area contributed by atoms with Gasteiger partial charge in [-0.25, -0.2) is 14.2 Å². The predicted molar refractivity (Wildman–Crippen MR) is 134 cm³/mol. The van der Waals surface area contributed by atoms with Gasteiger partial charge in [0.05, 0.1) is 11.7 Å². The minimum Gasteiger partial charge on any atom is -0.509 e. The molecule has 1 aromatic heterocycles. The van der Waals surface area contributed by atoms with Crippen LogP contribution >= 0.6 is 0 Å². The van der Waals surface area contributed by atoms with Gasteiger partial charge in [0.2, 0.25) is 0 Å². The van der Waals surface area contributed by atoms with Crippen molar-refractivity contribution in [3.63, 3.8) is 0 Å². The first-order valence-electron chi connectivity index (χ1n) is 11.4. The summed E-state index contributed by atoms with van der Waals surface area (Å²) >= 11 is 0. The van der Waals surface area contributed by atoms with Crippen LogP contribution in [0.1, 0.15) is 31.9 Å². The van der Waals surface area contributed by atoms with E-state index in [1.54, 1.807) is 18.2 Å². The first kappa shape index (κ1) is 24.6. The highest BCUT2D eigenvalue weighted by atomic mass is 32.2. The molecule has 2 N–H and O–H groups in total. The standard InChI is InChI=1S/C26H23FN4O5S/c1-26(2,3)23-21(32)19(24(33)31(23)13-14-7-9-15(27)10-8-14)20-17-6-4-5-16(22(17)37(35,36)30-20)18-11-12-28-25(34)29-18/h4-12,23,32H,13H2,1-3H3,(H,28,29,34)/t23-/m1/s1. The summed E-state index contributed by atoms with van der Waals surface area (Å²) in [6, 6.07) is 10.9. The minimum atomic E-state index is -4.28. The van der Waals surface area contributed by atoms with Gasteiger partial charge in [-0.15, -0.1) is 0 Å². The maximum absolute atomic E-state index is 13.8. The molecule has 11 heteroatoms. The Hall–Kier alpha value is -4.12. The van der Waals surface area contributed by atoms with Gasteiger partial charge in [-0.05, 0) is 29.2 Å². The molecule has 3 aromatic rings. The number of amides is 1. The molecule has 0 radical (unpaired) electrons. The Labute approximate surface area is 212 Å². The van der Waals surface area contributed by atoms with Gasteiger partial charge in [-0.2, -0.15) is 12.8 Å². The number of halogens is 1. The van der Waals surface area contributed by atoms with E-state index in [1.807, 2.05) is 20.8 Å². The lowest BCUT2D eigenvalue weighted by Gasteiger charge is -2.35. The van der Waals surface area contributed by atoms with Crippen LogP contribution in [0.15, 0.2) is 80.1 Å². The Morgan fingerprint density at radius 1 is 1.05 bits per heavy atom. The van der Waals surface area contributed by atoms with Crippen LogP contribution in [0.5, 0.6) is 0 Å². The fraction of sp³-hybridized carbons (Fsp3) is 0.231. The Morgan fingerprint density at radius 3 is 2.38 bits per heavy atom. The van der Waals surface area contributed by atoms with Crippen LogP contribution in [0.2, 0.25) is 0 Å². The van der Waals surface area contributed by atoms with Crippen molar-refractivity contribution >= 4 is 21.6 Å². The van der Waals surface area contributed by atoms with Crippen LogP contribution in [-0.2, 0) is 21.4 Å². The monoisotopic (exact) mass is 522 g/mol. The average molecular weight is 523 g/mol. The van der Waals surface area contributed by atoms with Gasteiger partial charge in [0.25, 0.3) is 15.9 Å². The zero-order valence-corrected chi connectivity index (χ0v) is 21.0. The Balaban J connectivity index is 1.65. The minimum absolute atomic E-state index is 0.0692. The van der Waals surface area contributed by atoms with Crippen molar-refractivity contribution in [2.75, 3.05) is 0 Å². The van der Waals surface area contributed by atoms with Crippen molar-refractivity contribution in [3.05, 3.63) is 93.5 Å². The number of aromatic nitrogens is 2. The molecule has 0 fully saturated rings. The summed E-state index contributed by atoms with van der Waals surface area (Å²) in [6.07, 6.45) is 1.26. The topological polar surface area (TPSA) is 133 Å². The largest absolute Gasteiger partial charge is 0.509 e. The van der Waals surface area contributed by atoms with Crippen LogP contribution in [-0.4, -0.2) is 46.1 Å². The third-order valence-corrected chi connectivity index (χ3v) is 7.71. The summed E-state index contributed by atoms with van der Waals surface area (Å²) in [4.78, 5) is 32.9. The second-order valence-corrected chi connectivity index (χ2v) is 11.5. The highest BCUT2D eigenvalue weighted by Crippen LogP contribution is 2.42. The van der Waals surface area contributed by atoms with E-state index < -0.39 is 38.9 Å². The van der Waals surface area contributed by atoms with E-state index in [2.05, 4.69) is 14.4 Å². The smallest absolute Gasteiger partial charge is 0.345 e. The maximum atomic E-state index is 13.8. The highest BCUT2D eigenvalue weighted by molar-refractivity contribution is 7.91. The average Bonchev–Trinajstić information content (AvgIpc) is 3.24. The van der Waals surface area contributed by atoms with Crippen LogP contribution in [0.4, 0.5) is 4.39 Å². The lowest BCUT2D eigenvalue weighted by molar-refractivity contribution is -0.129. The number of nitrogens with one attached hydrogen (secondary N) is 1. The van der Waals surface area contributed by atoms with Crippen LogP contribution in [0.3, 0.4) is 0 Å².